The van der Waals surface area contributed by atoms with Crippen molar-refractivity contribution in [2.75, 3.05) is 25.1 Å². The smallest absolute Gasteiger partial charge is 0.133 e. The van der Waals surface area contributed by atoms with Crippen LogP contribution in [0.3, 0.4) is 0 Å². The number of aromatic nitrogens is 2. The summed E-state index contributed by atoms with van der Waals surface area (Å²) in [5, 5.41) is 13.6. The van der Waals surface area contributed by atoms with Gasteiger partial charge in [0.05, 0.1) is 6.61 Å². The van der Waals surface area contributed by atoms with Crippen LogP contribution in [0.2, 0.25) is 0 Å². The standard InChI is InChI=1S/C14H21N3O2/c1-10-16-12-5-3-2-4-11(12)13(17-10)15-8-14(18)6-7-19-9-14/h18H,2-9H2,1H3,(H,15,16,17). The number of hydrogen-bond donors (Lipinski definition) is 2. The van der Waals surface area contributed by atoms with E-state index in [0.29, 0.717) is 26.2 Å². The number of fused-ring (bicyclic) bond motifs is 1. The maximum atomic E-state index is 10.3. The minimum absolute atomic E-state index is 0.409. The van der Waals surface area contributed by atoms with Gasteiger partial charge in [-0.25, -0.2) is 9.97 Å². The average molecular weight is 263 g/mol. The van der Waals surface area contributed by atoms with Gasteiger partial charge < -0.3 is 15.2 Å². The first-order chi connectivity index (χ1) is 9.16. The van der Waals surface area contributed by atoms with E-state index < -0.39 is 5.60 Å². The first-order valence-electron chi connectivity index (χ1n) is 7.07. The summed E-state index contributed by atoms with van der Waals surface area (Å²) in [7, 11) is 0. The summed E-state index contributed by atoms with van der Waals surface area (Å²) in [5.74, 6) is 1.71. The van der Waals surface area contributed by atoms with Crippen LogP contribution in [0.1, 0.15) is 36.3 Å². The molecule has 1 fully saturated rings. The van der Waals surface area contributed by atoms with Gasteiger partial charge in [0, 0.05) is 30.8 Å². The van der Waals surface area contributed by atoms with Crippen LogP contribution in [0.5, 0.6) is 0 Å². The Morgan fingerprint density at radius 3 is 2.95 bits per heavy atom. The van der Waals surface area contributed by atoms with Crippen LogP contribution >= 0.6 is 0 Å². The average Bonchev–Trinajstić information content (AvgIpc) is 2.83. The molecule has 3 rings (SSSR count). The van der Waals surface area contributed by atoms with Crippen LogP contribution in [0.4, 0.5) is 5.82 Å². The number of aliphatic hydroxyl groups is 1. The highest BCUT2D eigenvalue weighted by Crippen LogP contribution is 2.26. The molecule has 5 nitrogen and oxygen atoms in total. The Morgan fingerprint density at radius 1 is 1.32 bits per heavy atom. The lowest BCUT2D eigenvalue weighted by Crippen LogP contribution is -2.37. The van der Waals surface area contributed by atoms with Gasteiger partial charge in [0.15, 0.2) is 0 Å². The molecule has 104 valence electrons. The van der Waals surface area contributed by atoms with Crippen LogP contribution in [-0.2, 0) is 17.6 Å². The Labute approximate surface area is 113 Å². The molecule has 1 saturated heterocycles. The van der Waals surface area contributed by atoms with Crippen LogP contribution in [-0.4, -0.2) is 40.4 Å². The molecule has 2 aliphatic rings. The van der Waals surface area contributed by atoms with Crippen molar-refractivity contribution < 1.29 is 9.84 Å². The Kier molecular flexibility index (Phi) is 3.41. The molecule has 1 unspecified atom stereocenters. The van der Waals surface area contributed by atoms with E-state index in [9.17, 15) is 5.11 Å². The molecule has 0 bridgehead atoms. The van der Waals surface area contributed by atoms with Crippen LogP contribution < -0.4 is 5.32 Å². The van der Waals surface area contributed by atoms with Crippen molar-refractivity contribution in [1.29, 1.82) is 0 Å². The van der Waals surface area contributed by atoms with Gasteiger partial charge in [-0.2, -0.15) is 0 Å². The molecule has 1 aliphatic carbocycles. The van der Waals surface area contributed by atoms with Gasteiger partial charge in [0.25, 0.3) is 0 Å². The molecule has 19 heavy (non-hydrogen) atoms. The van der Waals surface area contributed by atoms with Crippen molar-refractivity contribution in [3.8, 4) is 0 Å². The third-order valence-electron chi connectivity index (χ3n) is 3.96. The maximum absolute atomic E-state index is 10.3. The number of anilines is 1. The number of rotatable bonds is 3. The van der Waals surface area contributed by atoms with Gasteiger partial charge in [-0.1, -0.05) is 0 Å². The van der Waals surface area contributed by atoms with E-state index in [0.717, 1.165) is 24.5 Å². The van der Waals surface area contributed by atoms with Gasteiger partial charge in [-0.3, -0.25) is 0 Å². The Bertz CT molecular complexity index is 470. The summed E-state index contributed by atoms with van der Waals surface area (Å²) in [4.78, 5) is 9.04. The summed E-state index contributed by atoms with van der Waals surface area (Å²) in [6, 6.07) is 0. The zero-order chi connectivity index (χ0) is 13.3. The monoisotopic (exact) mass is 263 g/mol. The maximum Gasteiger partial charge on any atom is 0.133 e. The highest BCUT2D eigenvalue weighted by atomic mass is 16.5. The fourth-order valence-electron chi connectivity index (χ4n) is 2.85. The Hall–Kier alpha value is -1.20. The Morgan fingerprint density at radius 2 is 2.16 bits per heavy atom. The van der Waals surface area contributed by atoms with Gasteiger partial charge in [-0.15, -0.1) is 0 Å². The van der Waals surface area contributed by atoms with Gasteiger partial charge in [0.2, 0.25) is 0 Å². The second-order valence-corrected chi connectivity index (χ2v) is 5.63. The summed E-state index contributed by atoms with van der Waals surface area (Å²) >= 11 is 0. The van der Waals surface area contributed by atoms with Crippen molar-refractivity contribution in [3.63, 3.8) is 0 Å². The second-order valence-electron chi connectivity index (χ2n) is 5.63. The molecule has 5 heteroatoms. The third kappa shape index (κ3) is 2.72. The minimum atomic E-state index is -0.750. The number of nitrogens with zero attached hydrogens (tertiary/aromatic N) is 2. The lowest BCUT2D eigenvalue weighted by molar-refractivity contribution is 0.0381. The number of aryl methyl sites for hydroxylation is 2. The van der Waals surface area contributed by atoms with Crippen molar-refractivity contribution in [2.45, 2.75) is 44.6 Å². The summed E-state index contributed by atoms with van der Waals surface area (Å²) < 4.78 is 5.26. The van der Waals surface area contributed by atoms with E-state index in [1.165, 1.54) is 24.1 Å². The molecule has 1 atom stereocenters. The largest absolute Gasteiger partial charge is 0.386 e. The van der Waals surface area contributed by atoms with Crippen LogP contribution in [0, 0.1) is 6.92 Å². The first kappa shape index (κ1) is 12.8. The molecule has 0 radical (unpaired) electrons. The summed E-state index contributed by atoms with van der Waals surface area (Å²) in [6.07, 6.45) is 5.17. The highest BCUT2D eigenvalue weighted by Gasteiger charge is 2.32. The molecule has 2 N–H and O–H groups in total. The van der Waals surface area contributed by atoms with E-state index in [1.807, 2.05) is 6.92 Å². The molecule has 2 heterocycles. The molecule has 1 aromatic rings. The normalized spacial score (nSPS) is 26.2. The minimum Gasteiger partial charge on any atom is -0.386 e. The topological polar surface area (TPSA) is 67.3 Å². The first-order valence-corrected chi connectivity index (χ1v) is 7.07. The fourth-order valence-corrected chi connectivity index (χ4v) is 2.85. The molecule has 1 aromatic heterocycles. The quantitative estimate of drug-likeness (QED) is 0.858. The summed E-state index contributed by atoms with van der Waals surface area (Å²) in [6.45, 7) is 3.47. The molecule has 0 saturated carbocycles. The van der Waals surface area contributed by atoms with E-state index in [4.69, 9.17) is 4.74 Å². The molecule has 1 aliphatic heterocycles. The zero-order valence-corrected chi connectivity index (χ0v) is 11.4. The van der Waals surface area contributed by atoms with E-state index in [2.05, 4.69) is 15.3 Å². The molecule has 0 aromatic carbocycles. The van der Waals surface area contributed by atoms with Crippen molar-refractivity contribution in [1.82, 2.24) is 9.97 Å². The number of nitrogens with one attached hydrogen (secondary N) is 1. The van der Waals surface area contributed by atoms with Crippen molar-refractivity contribution in [3.05, 3.63) is 17.1 Å². The lowest BCUT2D eigenvalue weighted by Gasteiger charge is -2.24. The fraction of sp³-hybridized carbons (Fsp3) is 0.714. The molecule has 0 spiro atoms. The highest BCUT2D eigenvalue weighted by molar-refractivity contribution is 5.48. The summed E-state index contributed by atoms with van der Waals surface area (Å²) in [5.41, 5.74) is 1.66. The van der Waals surface area contributed by atoms with E-state index in [1.54, 1.807) is 0 Å². The second kappa shape index (κ2) is 5.06. The molecular formula is C14H21N3O2. The van der Waals surface area contributed by atoms with Gasteiger partial charge in [-0.05, 0) is 32.6 Å². The number of ether oxygens (including phenoxy) is 1. The predicted octanol–water partition coefficient (Wildman–Crippen LogP) is 1.23. The molecule has 0 amide bonds. The van der Waals surface area contributed by atoms with E-state index >= 15 is 0 Å². The molecular weight excluding hydrogens is 242 g/mol. The predicted molar refractivity (Wildman–Crippen MR) is 72.3 cm³/mol. The lowest BCUT2D eigenvalue weighted by atomic mass is 9.96. The van der Waals surface area contributed by atoms with E-state index in [-0.39, 0.29) is 0 Å². The van der Waals surface area contributed by atoms with Crippen molar-refractivity contribution >= 4 is 5.82 Å². The number of hydrogen-bond acceptors (Lipinski definition) is 5. The van der Waals surface area contributed by atoms with Gasteiger partial charge >= 0.3 is 0 Å². The Balaban J connectivity index is 1.78. The van der Waals surface area contributed by atoms with Crippen LogP contribution in [0.25, 0.3) is 0 Å². The SMILES string of the molecule is Cc1nc2c(c(NCC3(O)CCOC3)n1)CCCC2. The zero-order valence-electron chi connectivity index (χ0n) is 11.4. The van der Waals surface area contributed by atoms with Crippen molar-refractivity contribution in [2.24, 2.45) is 0 Å². The third-order valence-corrected chi connectivity index (χ3v) is 3.96. The van der Waals surface area contributed by atoms with Crippen LogP contribution in [0.15, 0.2) is 0 Å². The van der Waals surface area contributed by atoms with Gasteiger partial charge in [0.1, 0.15) is 17.2 Å².